The first-order valence-corrected chi connectivity index (χ1v) is 7.59. The average molecular weight is 314 g/mol. The maximum Gasteiger partial charge on any atom is 0.411 e. The van der Waals surface area contributed by atoms with Crippen molar-refractivity contribution in [3.05, 3.63) is 65.0 Å². The third-order valence-corrected chi connectivity index (χ3v) is 4.22. The molecule has 0 atom stereocenters. The van der Waals surface area contributed by atoms with Gasteiger partial charge in [-0.05, 0) is 24.3 Å². The summed E-state index contributed by atoms with van der Waals surface area (Å²) in [5, 5.41) is 3.32. The standard InChI is InChI=1S/C16H14N2O3S/c19-15-13-8-4-5-9-14(13)22-18(15)10-11-21-16(20)17-12-6-2-1-3-7-12/h1-9H,10-11H2,(H,17,20). The smallest absolute Gasteiger partial charge is 0.411 e. The topological polar surface area (TPSA) is 60.3 Å². The number of benzene rings is 2. The molecule has 5 nitrogen and oxygen atoms in total. The van der Waals surface area contributed by atoms with E-state index in [0.29, 0.717) is 17.6 Å². The van der Waals surface area contributed by atoms with E-state index in [2.05, 4.69) is 5.32 Å². The van der Waals surface area contributed by atoms with Gasteiger partial charge in [0.1, 0.15) is 6.61 Å². The number of anilines is 1. The van der Waals surface area contributed by atoms with Crippen molar-refractivity contribution in [1.29, 1.82) is 0 Å². The van der Waals surface area contributed by atoms with E-state index < -0.39 is 6.09 Å². The Morgan fingerprint density at radius 2 is 1.82 bits per heavy atom. The molecule has 6 heteroatoms. The molecule has 22 heavy (non-hydrogen) atoms. The predicted molar refractivity (Wildman–Crippen MR) is 87.5 cm³/mol. The second-order valence-corrected chi connectivity index (χ2v) is 5.68. The van der Waals surface area contributed by atoms with Gasteiger partial charge < -0.3 is 4.74 Å². The summed E-state index contributed by atoms with van der Waals surface area (Å²) < 4.78 is 7.63. The van der Waals surface area contributed by atoms with Crippen molar-refractivity contribution in [3.63, 3.8) is 0 Å². The monoisotopic (exact) mass is 314 g/mol. The molecule has 0 saturated carbocycles. The lowest BCUT2D eigenvalue weighted by molar-refractivity contribution is 0.158. The van der Waals surface area contributed by atoms with Crippen LogP contribution >= 0.6 is 11.5 Å². The molecular weight excluding hydrogens is 300 g/mol. The molecule has 0 aliphatic rings. The fourth-order valence-corrected chi connectivity index (χ4v) is 3.04. The number of para-hydroxylation sites is 1. The Labute approximate surface area is 130 Å². The van der Waals surface area contributed by atoms with Crippen molar-refractivity contribution < 1.29 is 9.53 Å². The Kier molecular flexibility index (Phi) is 4.20. The highest BCUT2D eigenvalue weighted by molar-refractivity contribution is 7.13. The van der Waals surface area contributed by atoms with Crippen LogP contribution in [0.15, 0.2) is 59.4 Å². The Hall–Kier alpha value is -2.60. The zero-order valence-corrected chi connectivity index (χ0v) is 12.5. The van der Waals surface area contributed by atoms with Crippen LogP contribution in [0.3, 0.4) is 0 Å². The Morgan fingerprint density at radius 3 is 2.59 bits per heavy atom. The molecule has 1 amide bonds. The highest BCUT2D eigenvalue weighted by Crippen LogP contribution is 2.15. The number of nitrogens with one attached hydrogen (secondary N) is 1. The number of carbonyl (C=O) groups excluding carboxylic acids is 1. The zero-order valence-electron chi connectivity index (χ0n) is 11.7. The van der Waals surface area contributed by atoms with Gasteiger partial charge in [-0.2, -0.15) is 0 Å². The molecule has 0 spiro atoms. The van der Waals surface area contributed by atoms with Gasteiger partial charge in [0.05, 0.1) is 16.6 Å². The second-order valence-electron chi connectivity index (χ2n) is 4.62. The largest absolute Gasteiger partial charge is 0.447 e. The van der Waals surface area contributed by atoms with E-state index in [9.17, 15) is 9.59 Å². The van der Waals surface area contributed by atoms with Crippen LogP contribution in [0.25, 0.3) is 10.1 Å². The van der Waals surface area contributed by atoms with E-state index in [4.69, 9.17) is 4.74 Å². The summed E-state index contributed by atoms with van der Waals surface area (Å²) in [6.45, 7) is 0.492. The van der Waals surface area contributed by atoms with E-state index in [1.165, 1.54) is 11.5 Å². The Morgan fingerprint density at radius 1 is 1.09 bits per heavy atom. The van der Waals surface area contributed by atoms with E-state index in [0.717, 1.165) is 4.70 Å². The highest BCUT2D eigenvalue weighted by atomic mass is 32.1. The lowest BCUT2D eigenvalue weighted by Gasteiger charge is -2.06. The van der Waals surface area contributed by atoms with E-state index >= 15 is 0 Å². The van der Waals surface area contributed by atoms with Crippen LogP contribution in [-0.4, -0.2) is 16.7 Å². The van der Waals surface area contributed by atoms with Gasteiger partial charge in [0.15, 0.2) is 0 Å². The number of amides is 1. The number of carbonyl (C=O) groups is 1. The van der Waals surface area contributed by atoms with Gasteiger partial charge in [0.25, 0.3) is 5.56 Å². The van der Waals surface area contributed by atoms with Gasteiger partial charge in [-0.25, -0.2) is 4.79 Å². The molecule has 2 aromatic carbocycles. The molecule has 0 aliphatic heterocycles. The maximum absolute atomic E-state index is 12.1. The summed E-state index contributed by atoms with van der Waals surface area (Å²) in [6, 6.07) is 16.5. The van der Waals surface area contributed by atoms with Crippen LogP contribution < -0.4 is 10.9 Å². The number of nitrogens with zero attached hydrogens (tertiary/aromatic N) is 1. The van der Waals surface area contributed by atoms with Crippen molar-refractivity contribution in [2.75, 3.05) is 11.9 Å². The molecule has 1 N–H and O–H groups in total. The van der Waals surface area contributed by atoms with Crippen molar-refractivity contribution >= 4 is 33.4 Å². The molecule has 0 fully saturated rings. The van der Waals surface area contributed by atoms with Crippen LogP contribution in [0, 0.1) is 0 Å². The number of aromatic nitrogens is 1. The Balaban J connectivity index is 1.57. The SMILES string of the molecule is O=C(Nc1ccccc1)OCCn1sc2ccccc2c1=O. The molecule has 3 rings (SSSR count). The number of ether oxygens (including phenoxy) is 1. The quantitative estimate of drug-likeness (QED) is 0.803. The normalized spacial score (nSPS) is 10.5. The molecule has 1 heterocycles. The maximum atomic E-state index is 12.1. The van der Waals surface area contributed by atoms with E-state index in [1.807, 2.05) is 36.4 Å². The summed E-state index contributed by atoms with van der Waals surface area (Å²) in [6.07, 6.45) is -0.527. The summed E-state index contributed by atoms with van der Waals surface area (Å²) >= 11 is 1.37. The second kappa shape index (κ2) is 6.44. The van der Waals surface area contributed by atoms with Crippen molar-refractivity contribution in [1.82, 2.24) is 3.96 Å². The van der Waals surface area contributed by atoms with Gasteiger partial charge in [-0.1, -0.05) is 41.9 Å². The van der Waals surface area contributed by atoms with Crippen molar-refractivity contribution in [3.8, 4) is 0 Å². The molecule has 0 unspecified atom stereocenters. The van der Waals surface area contributed by atoms with Crippen LogP contribution in [0.4, 0.5) is 10.5 Å². The molecule has 0 radical (unpaired) electrons. The molecule has 112 valence electrons. The number of hydrogen-bond acceptors (Lipinski definition) is 4. The summed E-state index contributed by atoms with van der Waals surface area (Å²) in [7, 11) is 0. The average Bonchev–Trinajstić information content (AvgIpc) is 2.85. The number of rotatable bonds is 4. The van der Waals surface area contributed by atoms with Gasteiger partial charge in [0, 0.05) is 5.69 Å². The Bertz CT molecular complexity index is 839. The summed E-state index contributed by atoms with van der Waals surface area (Å²) in [4.78, 5) is 23.8. The molecule has 0 saturated heterocycles. The first kappa shape index (κ1) is 14.3. The van der Waals surface area contributed by atoms with Crippen LogP contribution in [-0.2, 0) is 11.3 Å². The summed E-state index contributed by atoms with van der Waals surface area (Å²) in [5.74, 6) is 0. The van der Waals surface area contributed by atoms with E-state index in [1.54, 1.807) is 22.2 Å². The van der Waals surface area contributed by atoms with Crippen molar-refractivity contribution in [2.24, 2.45) is 0 Å². The lowest BCUT2D eigenvalue weighted by atomic mass is 10.3. The third-order valence-electron chi connectivity index (χ3n) is 3.10. The lowest BCUT2D eigenvalue weighted by Crippen LogP contribution is -2.20. The number of hydrogen-bond donors (Lipinski definition) is 1. The molecular formula is C16H14N2O3S. The van der Waals surface area contributed by atoms with Crippen LogP contribution in [0.2, 0.25) is 0 Å². The van der Waals surface area contributed by atoms with Crippen LogP contribution in [0.5, 0.6) is 0 Å². The van der Waals surface area contributed by atoms with Gasteiger partial charge in [0.2, 0.25) is 0 Å². The van der Waals surface area contributed by atoms with Crippen LogP contribution in [0.1, 0.15) is 0 Å². The molecule has 3 aromatic rings. The molecule has 0 bridgehead atoms. The fraction of sp³-hybridized carbons (Fsp3) is 0.125. The van der Waals surface area contributed by atoms with E-state index in [-0.39, 0.29) is 12.2 Å². The van der Waals surface area contributed by atoms with Gasteiger partial charge in [-0.15, -0.1) is 0 Å². The first-order valence-electron chi connectivity index (χ1n) is 6.82. The molecule has 1 aromatic heterocycles. The minimum atomic E-state index is -0.527. The molecule has 0 aliphatic carbocycles. The third kappa shape index (κ3) is 3.17. The first-order chi connectivity index (χ1) is 10.7. The predicted octanol–water partition coefficient (Wildman–Crippen LogP) is 3.31. The highest BCUT2D eigenvalue weighted by Gasteiger charge is 2.08. The minimum absolute atomic E-state index is 0.0485. The minimum Gasteiger partial charge on any atom is -0.447 e. The number of fused-ring (bicyclic) bond motifs is 1. The fourth-order valence-electron chi connectivity index (χ4n) is 2.06. The van der Waals surface area contributed by atoms with Gasteiger partial charge in [-0.3, -0.25) is 14.1 Å². The zero-order chi connectivity index (χ0) is 15.4. The van der Waals surface area contributed by atoms with Crippen molar-refractivity contribution in [2.45, 2.75) is 6.54 Å². The summed E-state index contributed by atoms with van der Waals surface area (Å²) in [5.41, 5.74) is 0.624. The van der Waals surface area contributed by atoms with Gasteiger partial charge >= 0.3 is 6.09 Å².